The summed E-state index contributed by atoms with van der Waals surface area (Å²) in [5.74, 6) is 0. The molecule has 0 aliphatic heterocycles. The Morgan fingerprint density at radius 3 is 1.76 bits per heavy atom. The third kappa shape index (κ3) is 5.10. The van der Waals surface area contributed by atoms with Gasteiger partial charge in [-0.05, 0) is 65.3 Å². The van der Waals surface area contributed by atoms with E-state index < -0.39 is 15.7 Å². The van der Waals surface area contributed by atoms with Gasteiger partial charge in [0.25, 0.3) is 15.7 Å². The maximum Gasteiger partial charge on any atom is 0.252 e. The largest absolute Gasteiger partial charge is 0.276 e. The Kier molecular flexibility index (Phi) is 7.36. The quantitative estimate of drug-likeness (QED) is 0.493. The van der Waals surface area contributed by atoms with Crippen LogP contribution in [0.4, 0.5) is 0 Å². The van der Waals surface area contributed by atoms with Gasteiger partial charge in [0.05, 0.1) is 0 Å². The highest BCUT2D eigenvalue weighted by Crippen LogP contribution is 2.25. The van der Waals surface area contributed by atoms with Crippen LogP contribution >= 0.6 is 34.8 Å². The van der Waals surface area contributed by atoms with Gasteiger partial charge in [0.2, 0.25) is 0 Å². The molecule has 1 rings (SSSR count). The zero-order chi connectivity index (χ0) is 16.0. The van der Waals surface area contributed by atoms with E-state index in [0.717, 1.165) is 25.7 Å². The van der Waals surface area contributed by atoms with Gasteiger partial charge in [-0.1, -0.05) is 26.2 Å². The molecule has 1 aromatic rings. The highest BCUT2D eigenvalue weighted by atomic mass is 35.5. The molecule has 0 saturated carbocycles. The van der Waals surface area contributed by atoms with E-state index in [9.17, 15) is 14.4 Å². The summed E-state index contributed by atoms with van der Waals surface area (Å²) in [5.41, 5.74) is 0.738. The Hall–Kier alpha value is -0.900. The minimum atomic E-state index is -0.772. The number of carbonyl (C=O) groups excluding carboxylic acids is 3. The fraction of sp³-hybridized carbons (Fsp3) is 0.400. The molecule has 0 radical (unpaired) electrons. The molecule has 3 nitrogen and oxygen atoms in total. The number of benzene rings is 1. The van der Waals surface area contributed by atoms with Gasteiger partial charge in [-0.2, -0.15) is 0 Å². The van der Waals surface area contributed by atoms with Crippen molar-refractivity contribution in [3.63, 3.8) is 0 Å². The summed E-state index contributed by atoms with van der Waals surface area (Å²) in [6.07, 6.45) is 4.40. The van der Waals surface area contributed by atoms with Gasteiger partial charge in [0, 0.05) is 16.7 Å². The van der Waals surface area contributed by atoms with Crippen molar-refractivity contribution in [2.24, 2.45) is 0 Å². The first kappa shape index (κ1) is 18.1. The van der Waals surface area contributed by atoms with Crippen molar-refractivity contribution in [3.8, 4) is 0 Å². The van der Waals surface area contributed by atoms with E-state index in [1.807, 2.05) is 0 Å². The first-order valence-electron chi connectivity index (χ1n) is 6.64. The lowest BCUT2D eigenvalue weighted by Gasteiger charge is -2.12. The summed E-state index contributed by atoms with van der Waals surface area (Å²) < 4.78 is 0. The van der Waals surface area contributed by atoms with Crippen LogP contribution < -0.4 is 0 Å². The SMILES string of the molecule is CCCCCCc1c(C(=O)Cl)cc(C(=O)Cl)cc1C(=O)Cl. The molecule has 0 fully saturated rings. The normalized spacial score (nSPS) is 10.5. The molecule has 0 bridgehead atoms. The lowest BCUT2D eigenvalue weighted by molar-refractivity contribution is 0.107. The van der Waals surface area contributed by atoms with Gasteiger partial charge in [-0.3, -0.25) is 14.4 Å². The monoisotopic (exact) mass is 348 g/mol. The molecule has 1 aromatic carbocycles. The summed E-state index contributed by atoms with van der Waals surface area (Å²) in [5, 5.41) is -2.25. The third-order valence-electron chi connectivity index (χ3n) is 3.18. The average Bonchev–Trinajstić information content (AvgIpc) is 2.42. The molecule has 0 heterocycles. The van der Waals surface area contributed by atoms with Crippen LogP contribution in [0.1, 0.15) is 69.2 Å². The lowest BCUT2D eigenvalue weighted by atomic mass is 9.94. The zero-order valence-electron chi connectivity index (χ0n) is 11.5. The molecule has 0 unspecified atom stereocenters. The highest BCUT2D eigenvalue weighted by Gasteiger charge is 2.20. The maximum atomic E-state index is 11.6. The molecule has 0 amide bonds. The highest BCUT2D eigenvalue weighted by molar-refractivity contribution is 6.70. The van der Waals surface area contributed by atoms with E-state index in [0.29, 0.717) is 12.0 Å². The summed E-state index contributed by atoms with van der Waals surface area (Å²) in [6, 6.07) is 2.62. The molecule has 0 saturated heterocycles. The van der Waals surface area contributed by atoms with Gasteiger partial charge >= 0.3 is 0 Å². The molecule has 114 valence electrons. The molecule has 0 aromatic heterocycles. The average molecular weight is 350 g/mol. The fourth-order valence-electron chi connectivity index (χ4n) is 2.13. The fourth-order valence-corrected chi connectivity index (χ4v) is 2.58. The van der Waals surface area contributed by atoms with Crippen LogP contribution in [0.5, 0.6) is 0 Å². The minimum absolute atomic E-state index is 0.0296. The van der Waals surface area contributed by atoms with Crippen LogP contribution in [0.15, 0.2) is 12.1 Å². The standard InChI is InChI=1S/C15H15Cl3O3/c1-2-3-4-5-6-10-11(14(17)20)7-9(13(16)19)8-12(10)15(18)21/h7-8H,2-6H2,1H3. The van der Waals surface area contributed by atoms with Crippen molar-refractivity contribution in [2.45, 2.75) is 39.0 Å². The van der Waals surface area contributed by atoms with Crippen molar-refractivity contribution in [3.05, 3.63) is 34.4 Å². The van der Waals surface area contributed by atoms with Gasteiger partial charge in [0.1, 0.15) is 0 Å². The predicted molar refractivity (Wildman–Crippen MR) is 84.8 cm³/mol. The molecule has 0 atom stereocenters. The second-order valence-corrected chi connectivity index (χ2v) is 5.71. The molecule has 6 heteroatoms. The summed E-state index contributed by atoms with van der Waals surface area (Å²) >= 11 is 16.5. The van der Waals surface area contributed by atoms with Crippen molar-refractivity contribution in [2.75, 3.05) is 0 Å². The van der Waals surface area contributed by atoms with E-state index in [2.05, 4.69) is 6.92 Å². The maximum absolute atomic E-state index is 11.6. The third-order valence-corrected chi connectivity index (χ3v) is 3.81. The molecular formula is C15H15Cl3O3. The summed E-state index contributed by atoms with van der Waals surface area (Å²) in [7, 11) is 0. The van der Waals surface area contributed by atoms with Gasteiger partial charge in [-0.15, -0.1) is 0 Å². The summed E-state index contributed by atoms with van der Waals surface area (Å²) in [4.78, 5) is 34.4. The van der Waals surface area contributed by atoms with Gasteiger partial charge < -0.3 is 0 Å². The predicted octanol–water partition coefficient (Wildman–Crippen LogP) is 4.95. The van der Waals surface area contributed by atoms with Crippen LogP contribution in [-0.4, -0.2) is 15.7 Å². The number of hydrogen-bond donors (Lipinski definition) is 0. The topological polar surface area (TPSA) is 51.2 Å². The number of unbranched alkanes of at least 4 members (excludes halogenated alkanes) is 3. The molecule has 0 aliphatic rings. The van der Waals surface area contributed by atoms with E-state index in [1.54, 1.807) is 0 Å². The second kappa shape index (κ2) is 8.52. The molecular weight excluding hydrogens is 335 g/mol. The number of carbonyl (C=O) groups is 3. The first-order chi connectivity index (χ1) is 9.88. The minimum Gasteiger partial charge on any atom is -0.276 e. The van der Waals surface area contributed by atoms with Crippen molar-refractivity contribution < 1.29 is 14.4 Å². The summed E-state index contributed by atoms with van der Waals surface area (Å²) in [6.45, 7) is 2.09. The van der Waals surface area contributed by atoms with E-state index in [-0.39, 0.29) is 16.7 Å². The first-order valence-corrected chi connectivity index (χ1v) is 7.78. The molecule has 0 N–H and O–H groups in total. The molecule has 0 spiro atoms. The van der Waals surface area contributed by atoms with E-state index in [4.69, 9.17) is 34.8 Å². The zero-order valence-corrected chi connectivity index (χ0v) is 13.8. The lowest BCUT2D eigenvalue weighted by Crippen LogP contribution is -2.08. The van der Waals surface area contributed by atoms with Crippen LogP contribution in [0.2, 0.25) is 0 Å². The molecule has 21 heavy (non-hydrogen) atoms. The Bertz CT molecular complexity index is 532. The Balaban J connectivity index is 3.26. The van der Waals surface area contributed by atoms with Gasteiger partial charge in [0.15, 0.2) is 0 Å². The Morgan fingerprint density at radius 1 is 0.857 bits per heavy atom. The van der Waals surface area contributed by atoms with Crippen LogP contribution in [-0.2, 0) is 6.42 Å². The number of rotatable bonds is 8. The number of halogens is 3. The van der Waals surface area contributed by atoms with Gasteiger partial charge in [-0.25, -0.2) is 0 Å². The second-order valence-electron chi connectivity index (χ2n) is 4.68. The molecule has 0 aliphatic carbocycles. The van der Waals surface area contributed by atoms with Crippen molar-refractivity contribution in [1.29, 1.82) is 0 Å². The smallest absolute Gasteiger partial charge is 0.252 e. The Morgan fingerprint density at radius 2 is 1.38 bits per heavy atom. The van der Waals surface area contributed by atoms with Crippen LogP contribution in [0, 0.1) is 0 Å². The number of hydrogen-bond acceptors (Lipinski definition) is 3. The Labute approximate surface area is 138 Å². The van der Waals surface area contributed by atoms with Crippen molar-refractivity contribution >= 4 is 50.5 Å². The van der Waals surface area contributed by atoms with Crippen LogP contribution in [0.3, 0.4) is 0 Å². The van der Waals surface area contributed by atoms with Crippen molar-refractivity contribution in [1.82, 2.24) is 0 Å². The van der Waals surface area contributed by atoms with Crippen LogP contribution in [0.25, 0.3) is 0 Å². The van der Waals surface area contributed by atoms with E-state index >= 15 is 0 Å². The van der Waals surface area contributed by atoms with E-state index in [1.165, 1.54) is 12.1 Å².